The zero-order valence-electron chi connectivity index (χ0n) is 21.6. The van der Waals surface area contributed by atoms with Crippen molar-refractivity contribution < 1.29 is 58.1 Å². The molecule has 0 saturated carbocycles. The second-order valence-corrected chi connectivity index (χ2v) is 11.6. The number of hydrogen-bond acceptors (Lipinski definition) is 6. The minimum atomic E-state index is -5.74. The fourth-order valence-electron chi connectivity index (χ4n) is 3.98. The Morgan fingerprint density at radius 1 is 0.976 bits per heavy atom. The molecule has 0 atom stereocenters. The van der Waals surface area contributed by atoms with Crippen LogP contribution in [0.1, 0.15) is 51.5 Å². The largest absolute Gasteiger partial charge is 0.453 e. The first-order valence-electron chi connectivity index (χ1n) is 12.0. The lowest BCUT2D eigenvalue weighted by Gasteiger charge is -2.27. The molecule has 1 aliphatic heterocycles. The van der Waals surface area contributed by atoms with Crippen LogP contribution in [-0.4, -0.2) is 66.7 Å². The molecule has 0 spiro atoms. The molecule has 2 rings (SSSR count). The van der Waals surface area contributed by atoms with Gasteiger partial charge in [-0.1, -0.05) is 6.42 Å². The van der Waals surface area contributed by atoms with Crippen molar-refractivity contribution in [2.75, 3.05) is 23.7 Å². The fraction of sp³-hybridized carbons (Fsp3) is 0.636. The quantitative estimate of drug-likeness (QED) is 0.105. The van der Waals surface area contributed by atoms with Crippen LogP contribution in [0.25, 0.3) is 0 Å². The standard InChI is InChI=1S/C22H26F8N4O6S/c1-19(2)17(35)33(14-7-8-16(34(37)38)15(13-14)21(25,26)27)18(36)32(19)11-4-3-5-12-41(39,40)31-10-6-9-20(23,24)22(28,29)30/h7-8,13,31H,3-6,9-12H2,1-2H3. The number of nitro benzene ring substituents is 1. The molecule has 0 aromatic heterocycles. The number of sulfonamides is 1. The molecule has 1 N–H and O–H groups in total. The van der Waals surface area contributed by atoms with Crippen LogP contribution < -0.4 is 9.62 Å². The average molecular weight is 627 g/mol. The lowest BCUT2D eigenvalue weighted by Crippen LogP contribution is -2.44. The van der Waals surface area contributed by atoms with Crippen LogP contribution in [0.5, 0.6) is 0 Å². The Morgan fingerprint density at radius 3 is 2.12 bits per heavy atom. The van der Waals surface area contributed by atoms with E-state index in [4.69, 9.17) is 0 Å². The third kappa shape index (κ3) is 8.02. The number of imide groups is 1. The topological polar surface area (TPSA) is 130 Å². The maximum Gasteiger partial charge on any atom is 0.453 e. The molecule has 41 heavy (non-hydrogen) atoms. The monoisotopic (exact) mass is 626 g/mol. The van der Waals surface area contributed by atoms with Crippen molar-refractivity contribution in [2.24, 2.45) is 0 Å². The molecule has 0 radical (unpaired) electrons. The number of nitrogens with zero attached hydrogens (tertiary/aromatic N) is 3. The van der Waals surface area contributed by atoms with Crippen molar-refractivity contribution in [3.05, 3.63) is 33.9 Å². The summed E-state index contributed by atoms with van der Waals surface area (Å²) in [6.45, 7) is 1.91. The summed E-state index contributed by atoms with van der Waals surface area (Å²) in [7, 11) is -4.01. The molecular weight excluding hydrogens is 600 g/mol. The Morgan fingerprint density at radius 2 is 1.59 bits per heavy atom. The maximum absolute atomic E-state index is 13.4. The van der Waals surface area contributed by atoms with Crippen LogP contribution in [0.4, 0.5) is 51.3 Å². The Hall–Kier alpha value is -3.09. The van der Waals surface area contributed by atoms with Crippen LogP contribution in [0.3, 0.4) is 0 Å². The smallest absolute Gasteiger partial charge is 0.310 e. The number of urea groups is 1. The number of benzene rings is 1. The van der Waals surface area contributed by atoms with Gasteiger partial charge in [0.25, 0.3) is 11.6 Å². The number of unbranched alkanes of at least 4 members (excludes halogenated alkanes) is 2. The van der Waals surface area contributed by atoms with Gasteiger partial charge in [0, 0.05) is 25.6 Å². The highest BCUT2D eigenvalue weighted by atomic mass is 32.2. The van der Waals surface area contributed by atoms with Crippen molar-refractivity contribution in [1.82, 2.24) is 9.62 Å². The Balaban J connectivity index is 1.96. The van der Waals surface area contributed by atoms with Crippen LogP contribution in [0, 0.1) is 10.1 Å². The normalized spacial score (nSPS) is 16.5. The van der Waals surface area contributed by atoms with Gasteiger partial charge in [-0.05, 0) is 45.2 Å². The van der Waals surface area contributed by atoms with E-state index in [1.807, 2.05) is 4.72 Å². The number of halogens is 8. The third-order valence-corrected chi connectivity index (χ3v) is 7.73. The third-order valence-electron chi connectivity index (χ3n) is 6.26. The van der Waals surface area contributed by atoms with Crippen molar-refractivity contribution in [3.8, 4) is 0 Å². The Kier molecular flexibility index (Phi) is 10.0. The van der Waals surface area contributed by atoms with Crippen LogP contribution in [0.15, 0.2) is 18.2 Å². The van der Waals surface area contributed by atoms with E-state index in [1.165, 1.54) is 13.8 Å². The van der Waals surface area contributed by atoms with Gasteiger partial charge in [-0.3, -0.25) is 14.9 Å². The number of alkyl halides is 8. The molecule has 1 aromatic carbocycles. The number of rotatable bonds is 13. The zero-order chi connectivity index (χ0) is 31.6. The first-order valence-corrected chi connectivity index (χ1v) is 13.6. The van der Waals surface area contributed by atoms with Gasteiger partial charge in [0.2, 0.25) is 10.0 Å². The predicted molar refractivity (Wildman–Crippen MR) is 128 cm³/mol. The number of hydrogen-bond donors (Lipinski definition) is 1. The van der Waals surface area contributed by atoms with E-state index < -0.39 is 92.8 Å². The lowest BCUT2D eigenvalue weighted by molar-refractivity contribution is -0.388. The van der Waals surface area contributed by atoms with Crippen molar-refractivity contribution in [3.63, 3.8) is 0 Å². The van der Waals surface area contributed by atoms with Gasteiger partial charge in [0.15, 0.2) is 0 Å². The number of nitro groups is 1. The summed E-state index contributed by atoms with van der Waals surface area (Å²) >= 11 is 0. The minimum absolute atomic E-state index is 0.00847. The predicted octanol–water partition coefficient (Wildman–Crippen LogP) is 5.23. The number of carbonyl (C=O) groups excluding carboxylic acids is 2. The number of nitrogens with one attached hydrogen (secondary N) is 1. The van der Waals surface area contributed by atoms with Crippen LogP contribution in [0.2, 0.25) is 0 Å². The van der Waals surface area contributed by atoms with Gasteiger partial charge < -0.3 is 4.90 Å². The van der Waals surface area contributed by atoms with Gasteiger partial charge in [0.1, 0.15) is 11.1 Å². The van der Waals surface area contributed by atoms with Gasteiger partial charge in [-0.2, -0.15) is 35.1 Å². The Labute approximate surface area is 228 Å². The summed E-state index contributed by atoms with van der Waals surface area (Å²) in [6, 6.07) is 0.706. The zero-order valence-corrected chi connectivity index (χ0v) is 22.4. The van der Waals surface area contributed by atoms with E-state index in [1.54, 1.807) is 0 Å². The summed E-state index contributed by atoms with van der Waals surface area (Å²) in [5.74, 6) is -6.35. The van der Waals surface area contributed by atoms with Gasteiger partial charge in [0.05, 0.1) is 16.4 Å². The van der Waals surface area contributed by atoms with E-state index >= 15 is 0 Å². The van der Waals surface area contributed by atoms with Gasteiger partial charge in [-0.25, -0.2) is 22.8 Å². The van der Waals surface area contributed by atoms with E-state index in [2.05, 4.69) is 0 Å². The minimum Gasteiger partial charge on any atom is -0.310 e. The molecule has 0 unspecified atom stereocenters. The van der Waals surface area contributed by atoms with Crippen molar-refractivity contribution >= 4 is 33.3 Å². The van der Waals surface area contributed by atoms with Gasteiger partial charge >= 0.3 is 24.3 Å². The van der Waals surface area contributed by atoms with Crippen molar-refractivity contribution in [1.29, 1.82) is 0 Å². The van der Waals surface area contributed by atoms with Crippen LogP contribution in [-0.2, 0) is 21.0 Å². The van der Waals surface area contributed by atoms with E-state index in [9.17, 15) is 63.2 Å². The SMILES string of the molecule is CC1(C)C(=O)N(c2ccc([N+](=O)[O-])c(C(F)(F)F)c2)C(=O)N1CCCCCS(=O)(=O)NCCCC(F)(F)C(F)(F)F. The average Bonchev–Trinajstić information content (AvgIpc) is 2.98. The Bertz CT molecular complexity index is 1270. The maximum atomic E-state index is 13.4. The first kappa shape index (κ1) is 34.1. The highest BCUT2D eigenvalue weighted by molar-refractivity contribution is 7.89. The highest BCUT2D eigenvalue weighted by Crippen LogP contribution is 2.41. The first-order chi connectivity index (χ1) is 18.5. The second-order valence-electron chi connectivity index (χ2n) is 9.67. The molecule has 1 saturated heterocycles. The van der Waals surface area contributed by atoms with E-state index in [0.29, 0.717) is 17.0 Å². The summed E-state index contributed by atoms with van der Waals surface area (Å²) in [5.41, 5.74) is -4.97. The molecule has 0 bridgehead atoms. The molecule has 1 aromatic rings. The lowest BCUT2D eigenvalue weighted by atomic mass is 10.0. The van der Waals surface area contributed by atoms with Gasteiger partial charge in [-0.15, -0.1) is 0 Å². The molecule has 10 nitrogen and oxygen atoms in total. The molecule has 232 valence electrons. The molecule has 1 aliphatic rings. The summed E-state index contributed by atoms with van der Waals surface area (Å²) in [4.78, 5) is 37.2. The molecular formula is C22H26F8N4O6S. The second kappa shape index (κ2) is 12.0. The number of anilines is 1. The van der Waals surface area contributed by atoms with E-state index in [-0.39, 0.29) is 25.8 Å². The molecule has 0 aliphatic carbocycles. The summed E-state index contributed by atoms with van der Waals surface area (Å²) in [5, 5.41) is 11.0. The summed E-state index contributed by atoms with van der Waals surface area (Å²) < 4.78 is 128. The molecule has 1 fully saturated rings. The molecule has 3 amide bonds. The molecule has 1 heterocycles. The van der Waals surface area contributed by atoms with Crippen molar-refractivity contribution in [2.45, 2.75) is 69.8 Å². The van der Waals surface area contributed by atoms with Crippen LogP contribution >= 0.6 is 0 Å². The van der Waals surface area contributed by atoms with E-state index in [0.717, 1.165) is 11.0 Å². The number of carbonyl (C=O) groups is 2. The molecule has 19 heteroatoms. The highest BCUT2D eigenvalue weighted by Gasteiger charge is 2.56. The fourth-order valence-corrected chi connectivity index (χ4v) is 5.16. The summed E-state index contributed by atoms with van der Waals surface area (Å²) in [6.07, 6.45) is -13.0. The number of amides is 3.